The van der Waals surface area contributed by atoms with Gasteiger partial charge >= 0.3 is 29.6 Å². The topological polar surface area (TPSA) is 99.4 Å². The summed E-state index contributed by atoms with van der Waals surface area (Å²) in [5, 5.41) is 40.3. The summed E-state index contributed by atoms with van der Waals surface area (Å²) in [5.41, 5.74) is 2.49. The summed E-state index contributed by atoms with van der Waals surface area (Å²) in [7, 11) is 0. The minimum absolute atomic E-state index is 0. The van der Waals surface area contributed by atoms with E-state index in [9.17, 15) is 20.4 Å². The first-order valence-electron chi connectivity index (χ1n) is 9.25. The van der Waals surface area contributed by atoms with Crippen molar-refractivity contribution in [2.75, 3.05) is 13.2 Å². The average Bonchev–Trinajstić information content (AvgIpc) is 2.70. The molecule has 5 atom stereocenters. The third-order valence-electron chi connectivity index (χ3n) is 4.92. The Morgan fingerprint density at radius 1 is 1.03 bits per heavy atom. The van der Waals surface area contributed by atoms with Crippen LogP contribution in [0.5, 0.6) is 5.75 Å². The van der Waals surface area contributed by atoms with Crippen molar-refractivity contribution < 1.29 is 60.9 Å². The van der Waals surface area contributed by atoms with Gasteiger partial charge in [-0.25, -0.2) is 0 Å². The number of ether oxygens (including phenoxy) is 2. The van der Waals surface area contributed by atoms with Gasteiger partial charge in [0.15, 0.2) is 0 Å². The van der Waals surface area contributed by atoms with E-state index in [1.54, 1.807) is 12.1 Å². The van der Waals surface area contributed by atoms with Gasteiger partial charge in [-0.3, -0.25) is 0 Å². The third kappa shape index (κ3) is 5.73. The van der Waals surface area contributed by atoms with Crippen LogP contribution < -0.4 is 34.3 Å². The maximum atomic E-state index is 10.3. The quantitative estimate of drug-likeness (QED) is 0.435. The summed E-state index contributed by atoms with van der Waals surface area (Å²) in [6.07, 6.45) is -5.39. The van der Waals surface area contributed by atoms with Gasteiger partial charge in [0.25, 0.3) is 0 Å². The van der Waals surface area contributed by atoms with Crippen molar-refractivity contribution in [3.05, 3.63) is 64.2 Å². The Morgan fingerprint density at radius 2 is 1.72 bits per heavy atom. The molecule has 8 heteroatoms. The fraction of sp³-hybridized carbons (Fsp3) is 0.429. The van der Waals surface area contributed by atoms with Crippen LogP contribution in [0.1, 0.15) is 31.1 Å². The van der Waals surface area contributed by atoms with Gasteiger partial charge in [0, 0.05) is 5.02 Å². The summed E-state index contributed by atoms with van der Waals surface area (Å²) in [6, 6.07) is 12.9. The molecule has 0 radical (unpaired) electrons. The molecule has 4 N–H and O–H groups in total. The van der Waals surface area contributed by atoms with Crippen LogP contribution in [0, 0.1) is 0 Å². The molecule has 1 aliphatic heterocycles. The number of halogens is 1. The largest absolute Gasteiger partial charge is 1.00 e. The van der Waals surface area contributed by atoms with Gasteiger partial charge in [-0.1, -0.05) is 35.9 Å². The molecule has 1 heterocycles. The van der Waals surface area contributed by atoms with E-state index in [-0.39, 0.29) is 31.0 Å². The monoisotopic (exact) mass is 432 g/mol. The molecule has 0 saturated carbocycles. The first-order chi connectivity index (χ1) is 13.4. The van der Waals surface area contributed by atoms with Crippen molar-refractivity contribution in [2.24, 2.45) is 0 Å². The Morgan fingerprint density at radius 3 is 2.34 bits per heavy atom. The molecule has 1 saturated heterocycles. The number of hydrogen-bond acceptors (Lipinski definition) is 6. The van der Waals surface area contributed by atoms with Crippen molar-refractivity contribution in [1.29, 1.82) is 0 Å². The van der Waals surface area contributed by atoms with Crippen molar-refractivity contribution >= 4 is 11.6 Å². The fourth-order valence-electron chi connectivity index (χ4n) is 3.37. The van der Waals surface area contributed by atoms with Crippen molar-refractivity contribution in [3.8, 4) is 5.75 Å². The minimum atomic E-state index is -1.42. The second kappa shape index (κ2) is 11.1. The van der Waals surface area contributed by atoms with Crippen LogP contribution in [0.2, 0.25) is 5.02 Å². The molecule has 1 aliphatic rings. The van der Waals surface area contributed by atoms with Gasteiger partial charge in [0.2, 0.25) is 0 Å². The van der Waals surface area contributed by atoms with Gasteiger partial charge < -0.3 is 31.3 Å². The predicted molar refractivity (Wildman–Crippen MR) is 106 cm³/mol. The van der Waals surface area contributed by atoms with Gasteiger partial charge in [0.05, 0.1) is 13.2 Å². The van der Waals surface area contributed by atoms with E-state index in [4.69, 9.17) is 21.1 Å². The zero-order valence-electron chi connectivity index (χ0n) is 17.5. The molecule has 0 aliphatic carbocycles. The maximum absolute atomic E-state index is 10.3. The molecule has 154 valence electrons. The standard InChI is InChI=1S/C21H25ClO6.Na.H/c1-2-27-15-6-3-12(4-7-15)9-14-10-13(5-8-16(14)22)21-20(26)19(25)18(24)17(11-23)28-21;;/h3-8,10,17-21,23-26H,2,9,11H2,1H3;;/q;+1;-1/t17-,18-,19+,20-,21+;;/m1../s1. The van der Waals surface area contributed by atoms with Crippen LogP contribution in [0.25, 0.3) is 0 Å². The molecule has 0 unspecified atom stereocenters. The van der Waals surface area contributed by atoms with Gasteiger partial charge in [0.1, 0.15) is 36.3 Å². The SMILES string of the molecule is CCOc1ccc(Cc2cc([C@@H]3O[C@H](CO)[C@@H](O)[C@H](O)[C@H]3O)ccc2Cl)cc1.[H-].[Na+]. The zero-order valence-corrected chi connectivity index (χ0v) is 19.3. The second-order valence-corrected chi connectivity index (χ2v) is 7.26. The Labute approximate surface area is 198 Å². The molecular formula is C21H26ClNaO6. The van der Waals surface area contributed by atoms with Crippen LogP contribution in [0.4, 0.5) is 0 Å². The first-order valence-corrected chi connectivity index (χ1v) is 9.63. The molecule has 0 aromatic heterocycles. The minimum Gasteiger partial charge on any atom is -1.00 e. The van der Waals surface area contributed by atoms with Crippen molar-refractivity contribution in [2.45, 2.75) is 43.9 Å². The third-order valence-corrected chi connectivity index (χ3v) is 5.29. The van der Waals surface area contributed by atoms with Crippen LogP contribution in [-0.2, 0) is 11.2 Å². The van der Waals surface area contributed by atoms with Gasteiger partial charge in [-0.2, -0.15) is 0 Å². The molecule has 2 aromatic rings. The van der Waals surface area contributed by atoms with E-state index in [1.165, 1.54) is 0 Å². The summed E-state index contributed by atoms with van der Waals surface area (Å²) < 4.78 is 11.1. The molecule has 3 rings (SSSR count). The average molecular weight is 433 g/mol. The van der Waals surface area contributed by atoms with E-state index in [2.05, 4.69) is 0 Å². The molecule has 6 nitrogen and oxygen atoms in total. The molecule has 1 fully saturated rings. The molecular weight excluding hydrogens is 407 g/mol. The predicted octanol–water partition coefficient (Wildman–Crippen LogP) is -1.04. The van der Waals surface area contributed by atoms with E-state index < -0.39 is 37.1 Å². The Bertz CT molecular complexity index is 792. The van der Waals surface area contributed by atoms with Crippen molar-refractivity contribution in [1.82, 2.24) is 0 Å². The Kier molecular flexibility index (Phi) is 9.41. The van der Waals surface area contributed by atoms with E-state index in [0.29, 0.717) is 23.6 Å². The number of aliphatic hydroxyl groups excluding tert-OH is 4. The molecule has 0 spiro atoms. The van der Waals surface area contributed by atoms with Crippen LogP contribution >= 0.6 is 11.6 Å². The smallest absolute Gasteiger partial charge is 1.00 e. The first kappa shape index (κ1) is 24.6. The Balaban J connectivity index is 0.00000225. The number of aliphatic hydroxyl groups is 4. The van der Waals surface area contributed by atoms with E-state index in [0.717, 1.165) is 16.9 Å². The molecule has 0 bridgehead atoms. The number of hydrogen-bond donors (Lipinski definition) is 4. The van der Waals surface area contributed by atoms with Crippen LogP contribution in [-0.4, -0.2) is 58.1 Å². The van der Waals surface area contributed by atoms with Crippen LogP contribution in [0.15, 0.2) is 42.5 Å². The summed E-state index contributed by atoms with van der Waals surface area (Å²) in [6.45, 7) is 2.07. The summed E-state index contributed by atoms with van der Waals surface area (Å²) in [5.74, 6) is 0.799. The molecule has 2 aromatic carbocycles. The Hall–Kier alpha value is -0.670. The zero-order chi connectivity index (χ0) is 20.3. The number of rotatable bonds is 6. The van der Waals surface area contributed by atoms with E-state index in [1.807, 2.05) is 37.3 Å². The summed E-state index contributed by atoms with van der Waals surface area (Å²) in [4.78, 5) is 0. The number of benzene rings is 2. The van der Waals surface area contributed by atoms with Crippen molar-refractivity contribution in [3.63, 3.8) is 0 Å². The fourth-order valence-corrected chi connectivity index (χ4v) is 3.56. The van der Waals surface area contributed by atoms with Gasteiger partial charge in [-0.15, -0.1) is 0 Å². The summed E-state index contributed by atoms with van der Waals surface area (Å²) >= 11 is 6.35. The van der Waals surface area contributed by atoms with Gasteiger partial charge in [-0.05, 0) is 48.2 Å². The second-order valence-electron chi connectivity index (χ2n) is 6.85. The normalized spacial score (nSPS) is 26.6. The van der Waals surface area contributed by atoms with E-state index >= 15 is 0 Å². The maximum Gasteiger partial charge on any atom is 1.00 e. The molecule has 29 heavy (non-hydrogen) atoms. The van der Waals surface area contributed by atoms with Crippen LogP contribution in [0.3, 0.4) is 0 Å². The molecule has 0 amide bonds.